The lowest BCUT2D eigenvalue weighted by Gasteiger charge is -2.20. The maximum atomic E-state index is 11.5. The van der Waals surface area contributed by atoms with Crippen LogP contribution in [0.1, 0.15) is 55.8 Å². The lowest BCUT2D eigenvalue weighted by molar-refractivity contribution is 0.0987. The Hall–Kier alpha value is -0.830. The third kappa shape index (κ3) is 3.56. The Morgan fingerprint density at radius 1 is 1.35 bits per heavy atom. The minimum Gasteiger partial charge on any atom is -0.294 e. The zero-order valence-electron chi connectivity index (χ0n) is 10.3. The summed E-state index contributed by atoms with van der Waals surface area (Å²) in [4.78, 5) is 15.9. The highest BCUT2D eigenvalue weighted by Gasteiger charge is 2.15. The van der Waals surface area contributed by atoms with E-state index in [2.05, 4.69) is 4.98 Å². The molecule has 0 amide bonds. The van der Waals surface area contributed by atoms with Crippen molar-refractivity contribution in [2.75, 3.05) is 0 Å². The summed E-state index contributed by atoms with van der Waals surface area (Å²) in [5.41, 5.74) is 0.737. The molecule has 0 saturated heterocycles. The molecule has 1 saturated carbocycles. The summed E-state index contributed by atoms with van der Waals surface area (Å²) in [6.07, 6.45) is 8.97. The van der Waals surface area contributed by atoms with Crippen LogP contribution in [-0.4, -0.2) is 16.0 Å². The summed E-state index contributed by atoms with van der Waals surface area (Å²) in [6, 6.07) is 3.89. The van der Waals surface area contributed by atoms with E-state index in [-0.39, 0.29) is 5.78 Å². The zero-order valence-corrected chi connectivity index (χ0v) is 11.1. The van der Waals surface area contributed by atoms with E-state index >= 15 is 0 Å². The Morgan fingerprint density at radius 2 is 2.12 bits per heavy atom. The van der Waals surface area contributed by atoms with E-state index in [1.165, 1.54) is 32.1 Å². The molecule has 1 heterocycles. The van der Waals surface area contributed by atoms with Gasteiger partial charge in [-0.25, -0.2) is 4.98 Å². The molecule has 1 fully saturated rings. The third-order valence-electron chi connectivity index (χ3n) is 3.22. The number of aromatic nitrogens is 1. The van der Waals surface area contributed by atoms with E-state index in [0.29, 0.717) is 6.42 Å². The van der Waals surface area contributed by atoms with Gasteiger partial charge in [0.25, 0.3) is 0 Å². The number of rotatable bonds is 4. The Morgan fingerprint density at radius 3 is 2.71 bits per heavy atom. The van der Waals surface area contributed by atoms with Crippen molar-refractivity contribution in [2.24, 2.45) is 0 Å². The van der Waals surface area contributed by atoms with Gasteiger partial charge >= 0.3 is 0 Å². The van der Waals surface area contributed by atoms with Crippen LogP contribution in [0.3, 0.4) is 0 Å². The first-order chi connectivity index (χ1) is 8.29. The Balaban J connectivity index is 1.95. The van der Waals surface area contributed by atoms with Gasteiger partial charge in [0, 0.05) is 23.4 Å². The van der Waals surface area contributed by atoms with Gasteiger partial charge in [-0.2, -0.15) is 0 Å². The number of hydrogen-bond acceptors (Lipinski definition) is 3. The van der Waals surface area contributed by atoms with Crippen LogP contribution in [0.4, 0.5) is 0 Å². The minimum absolute atomic E-state index is 0.173. The van der Waals surface area contributed by atoms with Crippen LogP contribution < -0.4 is 0 Å². The van der Waals surface area contributed by atoms with E-state index in [4.69, 9.17) is 0 Å². The summed E-state index contributed by atoms with van der Waals surface area (Å²) < 4.78 is 0. The molecular weight excluding hydrogens is 230 g/mol. The van der Waals surface area contributed by atoms with Crippen LogP contribution in [0, 0.1) is 0 Å². The molecule has 0 unspecified atom stereocenters. The van der Waals surface area contributed by atoms with Crippen molar-refractivity contribution in [2.45, 2.75) is 55.7 Å². The van der Waals surface area contributed by atoms with Gasteiger partial charge in [0.1, 0.15) is 0 Å². The number of carbonyl (C=O) groups excluding carboxylic acids is 1. The molecule has 92 valence electrons. The van der Waals surface area contributed by atoms with Crippen LogP contribution in [0.15, 0.2) is 23.4 Å². The van der Waals surface area contributed by atoms with Crippen molar-refractivity contribution >= 4 is 17.5 Å². The molecule has 17 heavy (non-hydrogen) atoms. The second-order valence-corrected chi connectivity index (χ2v) is 5.86. The molecule has 0 N–H and O–H groups in total. The molecule has 0 radical (unpaired) electrons. The largest absolute Gasteiger partial charge is 0.294 e. The molecule has 1 aliphatic carbocycles. The summed E-state index contributed by atoms with van der Waals surface area (Å²) in [7, 11) is 0. The van der Waals surface area contributed by atoms with Gasteiger partial charge in [0.15, 0.2) is 5.78 Å². The standard InChI is InChI=1S/C14H19NOS/c1-2-13(16)11-8-9-14(15-10-11)17-12-6-4-3-5-7-12/h8-10,12H,2-7H2,1H3. The second kappa shape index (κ2) is 6.20. The van der Waals surface area contributed by atoms with E-state index in [1.54, 1.807) is 6.20 Å². The number of thioether (sulfide) groups is 1. The minimum atomic E-state index is 0.173. The summed E-state index contributed by atoms with van der Waals surface area (Å²) in [5.74, 6) is 0.173. The van der Waals surface area contributed by atoms with Crippen molar-refractivity contribution in [3.8, 4) is 0 Å². The van der Waals surface area contributed by atoms with Crippen LogP contribution >= 0.6 is 11.8 Å². The number of nitrogens with zero attached hydrogens (tertiary/aromatic N) is 1. The predicted molar refractivity (Wildman–Crippen MR) is 71.6 cm³/mol. The number of Topliss-reactive ketones (excluding diaryl/α,β-unsaturated/α-hetero) is 1. The van der Waals surface area contributed by atoms with E-state index in [9.17, 15) is 4.79 Å². The number of pyridine rings is 1. The summed E-state index contributed by atoms with van der Waals surface area (Å²) >= 11 is 1.87. The summed E-state index contributed by atoms with van der Waals surface area (Å²) in [6.45, 7) is 1.88. The van der Waals surface area contributed by atoms with E-state index < -0.39 is 0 Å². The van der Waals surface area contributed by atoms with E-state index in [0.717, 1.165) is 15.8 Å². The molecular formula is C14H19NOS. The van der Waals surface area contributed by atoms with Crippen LogP contribution in [0.25, 0.3) is 0 Å². The molecule has 0 aliphatic heterocycles. The fourth-order valence-electron chi connectivity index (χ4n) is 2.17. The van der Waals surface area contributed by atoms with Crippen molar-refractivity contribution in [1.29, 1.82) is 0 Å². The number of hydrogen-bond donors (Lipinski definition) is 0. The zero-order chi connectivity index (χ0) is 12.1. The van der Waals surface area contributed by atoms with Gasteiger partial charge in [0.2, 0.25) is 0 Å². The van der Waals surface area contributed by atoms with Crippen LogP contribution in [0.2, 0.25) is 0 Å². The van der Waals surface area contributed by atoms with Crippen molar-refractivity contribution in [3.05, 3.63) is 23.9 Å². The van der Waals surface area contributed by atoms with Gasteiger partial charge in [-0.15, -0.1) is 11.8 Å². The molecule has 1 aliphatic rings. The topological polar surface area (TPSA) is 30.0 Å². The molecule has 0 spiro atoms. The molecule has 0 bridgehead atoms. The lowest BCUT2D eigenvalue weighted by Crippen LogP contribution is -2.08. The SMILES string of the molecule is CCC(=O)c1ccc(SC2CCCCC2)nc1. The fourth-order valence-corrected chi connectivity index (χ4v) is 3.34. The van der Waals surface area contributed by atoms with Crippen molar-refractivity contribution in [1.82, 2.24) is 4.98 Å². The average molecular weight is 249 g/mol. The molecule has 2 nitrogen and oxygen atoms in total. The fraction of sp³-hybridized carbons (Fsp3) is 0.571. The normalized spacial score (nSPS) is 17.0. The maximum absolute atomic E-state index is 11.5. The smallest absolute Gasteiger partial charge is 0.164 e. The molecule has 3 heteroatoms. The highest BCUT2D eigenvalue weighted by atomic mass is 32.2. The highest BCUT2D eigenvalue weighted by Crippen LogP contribution is 2.32. The first kappa shape index (κ1) is 12.6. The number of ketones is 1. The lowest BCUT2D eigenvalue weighted by atomic mass is 10.0. The molecule has 1 aromatic heterocycles. The van der Waals surface area contributed by atoms with Crippen LogP contribution in [-0.2, 0) is 0 Å². The Bertz CT molecular complexity index is 368. The monoisotopic (exact) mass is 249 g/mol. The van der Waals surface area contributed by atoms with E-state index in [1.807, 2.05) is 30.8 Å². The Labute approximate surface area is 107 Å². The van der Waals surface area contributed by atoms with Crippen molar-refractivity contribution in [3.63, 3.8) is 0 Å². The average Bonchev–Trinajstić information content (AvgIpc) is 2.40. The molecule has 0 aromatic carbocycles. The highest BCUT2D eigenvalue weighted by molar-refractivity contribution is 7.99. The maximum Gasteiger partial charge on any atom is 0.164 e. The first-order valence-electron chi connectivity index (χ1n) is 6.45. The third-order valence-corrected chi connectivity index (χ3v) is 4.51. The first-order valence-corrected chi connectivity index (χ1v) is 7.33. The summed E-state index contributed by atoms with van der Waals surface area (Å²) in [5, 5.41) is 1.79. The van der Waals surface area contributed by atoms with Crippen molar-refractivity contribution < 1.29 is 4.79 Å². The molecule has 1 aromatic rings. The predicted octanol–water partition coefficient (Wildman–Crippen LogP) is 4.10. The quantitative estimate of drug-likeness (QED) is 0.752. The van der Waals surface area contributed by atoms with Gasteiger partial charge in [-0.1, -0.05) is 26.2 Å². The van der Waals surface area contributed by atoms with Gasteiger partial charge in [-0.05, 0) is 25.0 Å². The second-order valence-electron chi connectivity index (χ2n) is 4.54. The van der Waals surface area contributed by atoms with Gasteiger partial charge in [0.05, 0.1) is 5.03 Å². The van der Waals surface area contributed by atoms with Gasteiger partial charge in [-0.3, -0.25) is 4.79 Å². The van der Waals surface area contributed by atoms with Crippen LogP contribution in [0.5, 0.6) is 0 Å². The number of carbonyl (C=O) groups is 1. The Kier molecular flexibility index (Phi) is 4.60. The molecule has 2 rings (SSSR count). The van der Waals surface area contributed by atoms with Gasteiger partial charge < -0.3 is 0 Å². The molecule has 0 atom stereocenters.